The molecule has 0 radical (unpaired) electrons. The lowest BCUT2D eigenvalue weighted by Crippen LogP contribution is -2.27. The van der Waals surface area contributed by atoms with Crippen LogP contribution < -0.4 is 5.32 Å². The Balaban J connectivity index is 1.29. The number of aliphatic hydroxyl groups is 1. The predicted molar refractivity (Wildman–Crippen MR) is 124 cm³/mol. The molecule has 0 amide bonds. The van der Waals surface area contributed by atoms with Crippen LogP contribution in [0.15, 0.2) is 30.5 Å². The zero-order valence-corrected chi connectivity index (χ0v) is 19.8. The molecule has 3 heterocycles. The van der Waals surface area contributed by atoms with Crippen LogP contribution in [0.2, 0.25) is 5.28 Å². The molecule has 5 rings (SSSR count). The van der Waals surface area contributed by atoms with Crippen molar-refractivity contribution < 1.29 is 28.9 Å². The van der Waals surface area contributed by atoms with Gasteiger partial charge in [0.2, 0.25) is 5.28 Å². The van der Waals surface area contributed by atoms with Gasteiger partial charge in [-0.15, -0.1) is 0 Å². The van der Waals surface area contributed by atoms with Gasteiger partial charge in [-0.1, -0.05) is 24.3 Å². The van der Waals surface area contributed by atoms with Crippen molar-refractivity contribution in [3.63, 3.8) is 0 Å². The number of hydrogen-bond acceptors (Lipinski definition) is 8. The summed E-state index contributed by atoms with van der Waals surface area (Å²) in [4.78, 5) is 26.6. The lowest BCUT2D eigenvalue weighted by atomic mass is 10.1. The first-order chi connectivity index (χ1) is 16.3. The van der Waals surface area contributed by atoms with E-state index in [4.69, 9.17) is 30.9 Å². The second-order valence-electron chi connectivity index (χ2n) is 8.60. The van der Waals surface area contributed by atoms with E-state index in [9.17, 15) is 9.67 Å². The smallest absolute Gasteiger partial charge is 0.350 e. The van der Waals surface area contributed by atoms with Gasteiger partial charge in [0.05, 0.1) is 43.0 Å². The lowest BCUT2D eigenvalue weighted by molar-refractivity contribution is -0.0418. The highest BCUT2D eigenvalue weighted by molar-refractivity contribution is 7.51. The number of rotatable bonds is 8. The maximum atomic E-state index is 10.9. The third-order valence-corrected chi connectivity index (χ3v) is 6.82. The number of anilines is 1. The molecule has 0 saturated carbocycles. The summed E-state index contributed by atoms with van der Waals surface area (Å²) in [6.45, 7) is 0.197. The van der Waals surface area contributed by atoms with E-state index in [0.717, 1.165) is 18.2 Å². The highest BCUT2D eigenvalue weighted by Crippen LogP contribution is 2.36. The summed E-state index contributed by atoms with van der Waals surface area (Å²) in [7, 11) is -4.28. The fourth-order valence-electron chi connectivity index (χ4n) is 4.61. The van der Waals surface area contributed by atoms with Crippen LogP contribution in [0.5, 0.6) is 0 Å². The molecule has 13 heteroatoms. The van der Waals surface area contributed by atoms with Gasteiger partial charge in [0.25, 0.3) is 0 Å². The van der Waals surface area contributed by atoms with Crippen molar-refractivity contribution in [2.24, 2.45) is 0 Å². The Labute approximate surface area is 200 Å². The SMILES string of the molecule is O=P(O)(O)COC[C@H]1O[C@H](Cn2ncc3c(N[C@@H]4CCc5ccccc54)nc(Cl)nc32)C[C@@H]1O. The fourth-order valence-corrected chi connectivity index (χ4v) is 5.12. The third kappa shape index (κ3) is 5.11. The molecule has 1 fully saturated rings. The van der Waals surface area contributed by atoms with E-state index in [0.29, 0.717) is 24.4 Å². The van der Waals surface area contributed by atoms with Gasteiger partial charge in [-0.25, -0.2) is 4.68 Å². The number of aliphatic hydroxyl groups excluding tert-OH is 1. The minimum absolute atomic E-state index is 0.0964. The zero-order valence-electron chi connectivity index (χ0n) is 18.1. The van der Waals surface area contributed by atoms with Crippen LogP contribution in [0.1, 0.15) is 30.0 Å². The molecule has 0 spiro atoms. The van der Waals surface area contributed by atoms with E-state index in [1.54, 1.807) is 10.9 Å². The molecule has 2 aliphatic rings. The van der Waals surface area contributed by atoms with Crippen LogP contribution in [0.3, 0.4) is 0 Å². The van der Waals surface area contributed by atoms with Gasteiger partial charge >= 0.3 is 7.60 Å². The molecular weight excluding hydrogens is 485 g/mol. The summed E-state index contributed by atoms with van der Waals surface area (Å²) >= 11 is 6.24. The molecule has 11 nitrogen and oxygen atoms in total. The summed E-state index contributed by atoms with van der Waals surface area (Å²) in [5.41, 5.74) is 3.12. The molecule has 1 aromatic carbocycles. The molecule has 2 aromatic heterocycles. The minimum atomic E-state index is -4.28. The van der Waals surface area contributed by atoms with Gasteiger partial charge < -0.3 is 29.7 Å². The largest absolute Gasteiger partial charge is 0.390 e. The number of aromatic nitrogens is 4. The van der Waals surface area contributed by atoms with Crippen LogP contribution in [0.25, 0.3) is 11.0 Å². The Kier molecular flexibility index (Phi) is 6.60. The average molecular weight is 510 g/mol. The minimum Gasteiger partial charge on any atom is -0.390 e. The van der Waals surface area contributed by atoms with Crippen molar-refractivity contribution in [1.82, 2.24) is 19.7 Å². The van der Waals surface area contributed by atoms with Crippen LogP contribution in [0, 0.1) is 0 Å². The monoisotopic (exact) mass is 509 g/mol. The maximum absolute atomic E-state index is 10.9. The van der Waals surface area contributed by atoms with Crippen molar-refractivity contribution in [1.29, 1.82) is 0 Å². The standard InChI is InChI=1S/C21H25ClN5O6P/c22-21-25-19(24-16-6-5-12-3-1-2-4-14(12)16)15-8-23-27(20(15)26-21)9-13-7-17(28)18(33-13)10-32-11-34(29,30)31/h1-4,8,13,16-18,28H,5-7,9-11H2,(H,24,25,26)(H2,29,30,31)/t13-,16+,17-,18+/m0/s1. The van der Waals surface area contributed by atoms with Crippen LogP contribution >= 0.6 is 19.2 Å². The van der Waals surface area contributed by atoms with E-state index in [1.807, 2.05) is 12.1 Å². The van der Waals surface area contributed by atoms with Crippen molar-refractivity contribution >= 4 is 36.0 Å². The number of halogens is 1. The van der Waals surface area contributed by atoms with Crippen molar-refractivity contribution in [3.8, 4) is 0 Å². The molecule has 4 N–H and O–H groups in total. The molecule has 34 heavy (non-hydrogen) atoms. The molecule has 0 bridgehead atoms. The third-order valence-electron chi connectivity index (χ3n) is 6.13. The normalized spacial score (nSPS) is 24.6. The van der Waals surface area contributed by atoms with E-state index in [-0.39, 0.29) is 24.0 Å². The molecule has 1 aliphatic heterocycles. The van der Waals surface area contributed by atoms with Crippen molar-refractivity contribution in [2.75, 3.05) is 18.3 Å². The maximum Gasteiger partial charge on any atom is 0.350 e. The van der Waals surface area contributed by atoms with Crippen molar-refractivity contribution in [2.45, 2.75) is 50.2 Å². The zero-order chi connectivity index (χ0) is 23.9. The molecule has 3 aromatic rings. The number of nitrogens with zero attached hydrogens (tertiary/aromatic N) is 4. The summed E-state index contributed by atoms with van der Waals surface area (Å²) in [5.74, 6) is 0.610. The number of hydrogen-bond donors (Lipinski definition) is 4. The summed E-state index contributed by atoms with van der Waals surface area (Å²) in [6, 6.07) is 8.45. The Hall–Kier alpha value is -2.11. The molecule has 0 unspecified atom stereocenters. The highest BCUT2D eigenvalue weighted by atomic mass is 35.5. The number of ether oxygens (including phenoxy) is 2. The van der Waals surface area contributed by atoms with E-state index in [2.05, 4.69) is 32.5 Å². The lowest BCUT2D eigenvalue weighted by Gasteiger charge is -2.16. The van der Waals surface area contributed by atoms with Crippen molar-refractivity contribution in [3.05, 3.63) is 46.9 Å². The molecule has 1 aliphatic carbocycles. The summed E-state index contributed by atoms with van der Waals surface area (Å²) in [5, 5.41) is 19.0. The Morgan fingerprint density at radius 2 is 2.12 bits per heavy atom. The van der Waals surface area contributed by atoms with Gasteiger partial charge in [0, 0.05) is 6.42 Å². The van der Waals surface area contributed by atoms with Gasteiger partial charge in [-0.05, 0) is 35.6 Å². The number of benzene rings is 1. The van der Waals surface area contributed by atoms with E-state index >= 15 is 0 Å². The first-order valence-electron chi connectivity index (χ1n) is 11.0. The Bertz CT molecular complexity index is 1240. The quantitative estimate of drug-likeness (QED) is 0.263. The fraction of sp³-hybridized carbons (Fsp3) is 0.476. The van der Waals surface area contributed by atoms with Gasteiger partial charge in [-0.3, -0.25) is 4.57 Å². The van der Waals surface area contributed by atoms with Crippen LogP contribution in [-0.2, 0) is 27.0 Å². The Morgan fingerprint density at radius 1 is 1.29 bits per heavy atom. The Morgan fingerprint density at radius 3 is 2.94 bits per heavy atom. The average Bonchev–Trinajstić information content (AvgIpc) is 3.46. The number of fused-ring (bicyclic) bond motifs is 2. The number of aryl methyl sites for hydroxylation is 1. The van der Waals surface area contributed by atoms with E-state index in [1.165, 1.54) is 11.1 Å². The summed E-state index contributed by atoms with van der Waals surface area (Å²) in [6.07, 6.45) is 1.36. The number of nitrogens with one attached hydrogen (secondary N) is 1. The molecule has 1 saturated heterocycles. The first-order valence-corrected chi connectivity index (χ1v) is 13.1. The van der Waals surface area contributed by atoms with Crippen LogP contribution in [-0.4, -0.2) is 65.9 Å². The molecule has 4 atom stereocenters. The second-order valence-corrected chi connectivity index (χ2v) is 10.5. The van der Waals surface area contributed by atoms with Gasteiger partial charge in [0.1, 0.15) is 18.3 Å². The second kappa shape index (κ2) is 9.50. The van der Waals surface area contributed by atoms with Gasteiger partial charge in [-0.2, -0.15) is 15.1 Å². The van der Waals surface area contributed by atoms with Gasteiger partial charge in [0.15, 0.2) is 5.65 Å². The topological polar surface area (TPSA) is 152 Å². The predicted octanol–water partition coefficient (Wildman–Crippen LogP) is 2.25. The van der Waals surface area contributed by atoms with Crippen LogP contribution in [0.4, 0.5) is 5.82 Å². The molecular formula is C21H25ClN5O6P. The first kappa shape index (κ1) is 23.6. The highest BCUT2D eigenvalue weighted by Gasteiger charge is 2.35. The van der Waals surface area contributed by atoms with E-state index < -0.39 is 26.2 Å². The summed E-state index contributed by atoms with van der Waals surface area (Å²) < 4.78 is 23.4. The molecule has 182 valence electrons.